The van der Waals surface area contributed by atoms with Crippen molar-refractivity contribution in [1.29, 1.82) is 0 Å². The number of nitro benzene ring substituents is 1. The summed E-state index contributed by atoms with van der Waals surface area (Å²) in [7, 11) is 3.48. The lowest BCUT2D eigenvalue weighted by Gasteiger charge is -2.11. The van der Waals surface area contributed by atoms with Crippen LogP contribution in [0.15, 0.2) is 53.7 Å². The lowest BCUT2D eigenvalue weighted by molar-refractivity contribution is -0.384. The molecule has 3 aromatic rings. The van der Waals surface area contributed by atoms with Crippen LogP contribution >= 0.6 is 11.8 Å². The number of non-ortho nitro benzene ring substituents is 1. The minimum absolute atomic E-state index is 0.0156. The molecule has 1 heterocycles. The predicted molar refractivity (Wildman–Crippen MR) is 106 cm³/mol. The summed E-state index contributed by atoms with van der Waals surface area (Å²) in [6.07, 6.45) is 0. The molecule has 0 radical (unpaired) electrons. The number of ether oxygens (including phenoxy) is 2. The average Bonchev–Trinajstić information content (AvgIpc) is 3.06. The van der Waals surface area contributed by atoms with E-state index in [1.807, 2.05) is 48.9 Å². The summed E-state index contributed by atoms with van der Waals surface area (Å²) < 4.78 is 12.7. The van der Waals surface area contributed by atoms with Crippen LogP contribution in [0, 0.1) is 10.1 Å². The van der Waals surface area contributed by atoms with Gasteiger partial charge >= 0.3 is 0 Å². The van der Waals surface area contributed by atoms with Crippen molar-refractivity contribution in [3.63, 3.8) is 0 Å². The molecule has 0 aliphatic heterocycles. The van der Waals surface area contributed by atoms with E-state index in [1.54, 1.807) is 19.2 Å². The van der Waals surface area contributed by atoms with Gasteiger partial charge in [0.2, 0.25) is 0 Å². The Morgan fingerprint density at radius 2 is 1.89 bits per heavy atom. The first-order chi connectivity index (χ1) is 13.5. The van der Waals surface area contributed by atoms with Gasteiger partial charge in [-0.25, -0.2) is 0 Å². The molecule has 3 rings (SSSR count). The van der Waals surface area contributed by atoms with Crippen LogP contribution in [0.5, 0.6) is 11.5 Å². The van der Waals surface area contributed by atoms with Crippen LogP contribution in [0.1, 0.15) is 23.6 Å². The number of thioether (sulfide) groups is 1. The molecule has 0 bridgehead atoms. The Bertz CT molecular complexity index is 959. The van der Waals surface area contributed by atoms with Gasteiger partial charge in [0.25, 0.3) is 5.69 Å². The molecule has 0 spiro atoms. The lowest BCUT2D eigenvalue weighted by atomic mass is 10.1. The van der Waals surface area contributed by atoms with Gasteiger partial charge < -0.3 is 14.0 Å². The van der Waals surface area contributed by atoms with E-state index < -0.39 is 4.92 Å². The zero-order chi connectivity index (χ0) is 20.1. The highest BCUT2D eigenvalue weighted by molar-refractivity contribution is 7.99. The van der Waals surface area contributed by atoms with Crippen LogP contribution in [0.25, 0.3) is 0 Å². The van der Waals surface area contributed by atoms with E-state index in [0.29, 0.717) is 16.7 Å². The summed E-state index contributed by atoms with van der Waals surface area (Å²) in [5.41, 5.74) is 0.940. The molecule has 9 heteroatoms. The molecule has 0 fully saturated rings. The molecule has 146 valence electrons. The van der Waals surface area contributed by atoms with E-state index >= 15 is 0 Å². The summed E-state index contributed by atoms with van der Waals surface area (Å²) in [5.74, 6) is 2.16. The summed E-state index contributed by atoms with van der Waals surface area (Å²) in [4.78, 5) is 10.6. The molecular weight excluding hydrogens is 380 g/mol. The molecule has 1 aromatic heterocycles. The third-order valence-electron chi connectivity index (χ3n) is 4.19. The van der Waals surface area contributed by atoms with Crippen LogP contribution in [-0.4, -0.2) is 26.8 Å². The van der Waals surface area contributed by atoms with E-state index in [1.165, 1.54) is 17.8 Å². The molecule has 1 atom stereocenters. The number of rotatable bonds is 8. The molecule has 0 saturated carbocycles. The Labute approximate surface area is 166 Å². The largest absolute Gasteiger partial charge is 0.497 e. The molecule has 0 N–H and O–H groups in total. The van der Waals surface area contributed by atoms with E-state index in [9.17, 15) is 10.1 Å². The number of hydrogen-bond donors (Lipinski definition) is 0. The van der Waals surface area contributed by atoms with Gasteiger partial charge in [-0.3, -0.25) is 10.1 Å². The highest BCUT2D eigenvalue weighted by atomic mass is 32.2. The van der Waals surface area contributed by atoms with Crippen LogP contribution in [0.4, 0.5) is 5.69 Å². The number of nitrogens with zero attached hydrogens (tertiary/aromatic N) is 4. The lowest BCUT2D eigenvalue weighted by Crippen LogP contribution is -2.04. The van der Waals surface area contributed by atoms with Crippen LogP contribution in [0.3, 0.4) is 0 Å². The Hall–Kier alpha value is -3.07. The van der Waals surface area contributed by atoms with Crippen molar-refractivity contribution in [3.05, 3.63) is 70.0 Å². The Balaban J connectivity index is 1.65. The maximum atomic E-state index is 11.0. The van der Waals surface area contributed by atoms with Gasteiger partial charge in [0.1, 0.15) is 18.1 Å². The molecule has 0 aliphatic carbocycles. The number of benzene rings is 2. The van der Waals surface area contributed by atoms with E-state index in [2.05, 4.69) is 10.2 Å². The van der Waals surface area contributed by atoms with E-state index in [4.69, 9.17) is 9.47 Å². The fourth-order valence-electron chi connectivity index (χ4n) is 2.51. The summed E-state index contributed by atoms with van der Waals surface area (Å²) in [6, 6.07) is 13.9. The van der Waals surface area contributed by atoms with Crippen LogP contribution < -0.4 is 9.47 Å². The van der Waals surface area contributed by atoms with Crippen molar-refractivity contribution in [1.82, 2.24) is 14.8 Å². The van der Waals surface area contributed by atoms with Gasteiger partial charge in [0.15, 0.2) is 11.0 Å². The molecular formula is C19H20N4O4S. The number of aromatic nitrogens is 3. The van der Waals surface area contributed by atoms with Crippen molar-refractivity contribution in [3.8, 4) is 11.5 Å². The second-order valence-corrected chi connectivity index (χ2v) is 7.34. The van der Waals surface area contributed by atoms with Crippen molar-refractivity contribution in [2.24, 2.45) is 7.05 Å². The molecule has 28 heavy (non-hydrogen) atoms. The summed E-state index contributed by atoms with van der Waals surface area (Å²) >= 11 is 1.49. The Morgan fingerprint density at radius 1 is 1.18 bits per heavy atom. The van der Waals surface area contributed by atoms with Gasteiger partial charge in [0, 0.05) is 24.4 Å². The minimum Gasteiger partial charge on any atom is -0.497 e. The fourth-order valence-corrected chi connectivity index (χ4v) is 3.46. The molecule has 0 unspecified atom stereocenters. The summed E-state index contributed by atoms with van der Waals surface area (Å²) in [5, 5.41) is 20.1. The monoisotopic (exact) mass is 400 g/mol. The second-order valence-electron chi connectivity index (χ2n) is 6.03. The van der Waals surface area contributed by atoms with Crippen LogP contribution in [0.2, 0.25) is 0 Å². The highest BCUT2D eigenvalue weighted by Gasteiger charge is 2.17. The minimum atomic E-state index is -0.391. The smallest absolute Gasteiger partial charge is 0.269 e. The maximum Gasteiger partial charge on any atom is 0.269 e. The number of hydrogen-bond acceptors (Lipinski definition) is 7. The predicted octanol–water partition coefficient (Wildman–Crippen LogP) is 4.16. The first-order valence-electron chi connectivity index (χ1n) is 8.54. The van der Waals surface area contributed by atoms with Crippen LogP contribution in [-0.2, 0) is 13.7 Å². The van der Waals surface area contributed by atoms with E-state index in [0.717, 1.165) is 11.3 Å². The van der Waals surface area contributed by atoms with Gasteiger partial charge in [-0.15, -0.1) is 10.2 Å². The van der Waals surface area contributed by atoms with Crippen molar-refractivity contribution >= 4 is 17.4 Å². The zero-order valence-electron chi connectivity index (χ0n) is 15.7. The second kappa shape index (κ2) is 8.75. The summed E-state index contributed by atoms with van der Waals surface area (Å²) in [6.45, 7) is 2.26. The normalized spacial score (nSPS) is 11.8. The Kier molecular flexibility index (Phi) is 6.15. The topological polar surface area (TPSA) is 92.3 Å². The molecule has 0 saturated heterocycles. The molecule has 0 aliphatic rings. The first-order valence-corrected chi connectivity index (χ1v) is 9.42. The number of nitro groups is 1. The Morgan fingerprint density at radius 3 is 2.57 bits per heavy atom. The average molecular weight is 400 g/mol. The highest BCUT2D eigenvalue weighted by Crippen LogP contribution is 2.35. The fraction of sp³-hybridized carbons (Fsp3) is 0.263. The molecule has 8 nitrogen and oxygen atoms in total. The van der Waals surface area contributed by atoms with Gasteiger partial charge in [-0.2, -0.15) is 0 Å². The van der Waals surface area contributed by atoms with Gasteiger partial charge in [-0.05, 0) is 36.8 Å². The maximum absolute atomic E-state index is 11.0. The van der Waals surface area contributed by atoms with Crippen molar-refractivity contribution in [2.75, 3.05) is 7.11 Å². The van der Waals surface area contributed by atoms with Gasteiger partial charge in [0.05, 0.1) is 12.0 Å². The molecule has 2 aromatic carbocycles. The number of methoxy groups -OCH3 is 1. The van der Waals surface area contributed by atoms with E-state index in [-0.39, 0.29) is 17.5 Å². The standard InChI is InChI=1S/C19H20N4O4S/c1-13(14-5-4-6-15(11-14)23(24)25)28-19-21-20-18(22(19)2)12-27-17-9-7-16(26-3)8-10-17/h4-11,13H,12H2,1-3H3/t13-/m1/s1. The zero-order valence-corrected chi connectivity index (χ0v) is 16.5. The van der Waals surface area contributed by atoms with Crippen molar-refractivity contribution in [2.45, 2.75) is 23.9 Å². The van der Waals surface area contributed by atoms with Gasteiger partial charge in [-0.1, -0.05) is 23.9 Å². The SMILES string of the molecule is COc1ccc(OCc2nnc(S[C@H](C)c3cccc([N+](=O)[O-])c3)n2C)cc1. The third-order valence-corrected chi connectivity index (χ3v) is 5.38. The van der Waals surface area contributed by atoms with Crippen molar-refractivity contribution < 1.29 is 14.4 Å². The quantitative estimate of drug-likeness (QED) is 0.318. The third kappa shape index (κ3) is 4.61. The first kappa shape index (κ1) is 19.7. The molecule has 0 amide bonds.